The number of alkyl halides is 2. The number of morpholine rings is 1. The highest BCUT2D eigenvalue weighted by atomic mass is 19.3. The number of fused-ring (bicyclic) bond motifs is 1. The van der Waals surface area contributed by atoms with Crippen LogP contribution in [0.2, 0.25) is 0 Å². The molecule has 0 spiro atoms. The third-order valence-electron chi connectivity index (χ3n) is 6.90. The molecule has 2 atom stereocenters. The van der Waals surface area contributed by atoms with Gasteiger partial charge in [0.05, 0.1) is 24.5 Å². The number of hydrogen-bond donors (Lipinski definition) is 0. The smallest absolute Gasteiger partial charge is 0.270 e. The van der Waals surface area contributed by atoms with Crippen LogP contribution in [-0.4, -0.2) is 37.0 Å². The van der Waals surface area contributed by atoms with E-state index in [4.69, 9.17) is 9.47 Å². The van der Waals surface area contributed by atoms with Gasteiger partial charge in [-0.05, 0) is 62.2 Å². The van der Waals surface area contributed by atoms with Gasteiger partial charge in [0.15, 0.2) is 0 Å². The zero-order valence-corrected chi connectivity index (χ0v) is 22.2. The molecule has 0 unspecified atom stereocenters. The highest BCUT2D eigenvalue weighted by Crippen LogP contribution is 2.35. The molecule has 38 heavy (non-hydrogen) atoms. The zero-order valence-electron chi connectivity index (χ0n) is 22.2. The Morgan fingerprint density at radius 1 is 0.921 bits per heavy atom. The van der Waals surface area contributed by atoms with Gasteiger partial charge in [-0.25, -0.2) is 8.78 Å². The van der Waals surface area contributed by atoms with Gasteiger partial charge in [-0.2, -0.15) is 0 Å². The summed E-state index contributed by atoms with van der Waals surface area (Å²) in [5, 5.41) is 0. The second kappa shape index (κ2) is 11.2. The molecule has 0 amide bonds. The highest BCUT2D eigenvalue weighted by molar-refractivity contribution is 5.81. The first-order chi connectivity index (χ1) is 17.7. The van der Waals surface area contributed by atoms with E-state index in [1.807, 2.05) is 6.07 Å². The number of ether oxygens (including phenoxy) is 2. The van der Waals surface area contributed by atoms with Gasteiger partial charge < -0.3 is 19.3 Å². The topological polar surface area (TPSA) is 37.8 Å². The fraction of sp³-hybridized carbons (Fsp3) is 0.367. The predicted molar refractivity (Wildman–Crippen MR) is 146 cm³/mol. The molecule has 202 valence electrons. The van der Waals surface area contributed by atoms with Crippen molar-refractivity contribution < 1.29 is 23.0 Å². The number of halogens is 3. The number of aromatic nitrogens is 1. The molecule has 0 N–H and O–H groups in total. The maximum Gasteiger partial charge on any atom is 0.270 e. The summed E-state index contributed by atoms with van der Waals surface area (Å²) in [4.78, 5) is 9.08. The lowest BCUT2D eigenvalue weighted by Crippen LogP contribution is -2.45. The Balaban J connectivity index is 0.00000336. The number of rotatable bonds is 4. The van der Waals surface area contributed by atoms with Crippen molar-refractivity contribution in [3.05, 3.63) is 83.7 Å². The first kappa shape index (κ1) is 27.7. The van der Waals surface area contributed by atoms with Gasteiger partial charge in [-0.3, -0.25) is 9.69 Å². The zero-order chi connectivity index (χ0) is 26.2. The van der Waals surface area contributed by atoms with Crippen LogP contribution in [-0.2, 0) is 22.0 Å². The standard InChI is InChI=1S/C30H33F2N3O2.FH/c1-20-15-35(27-11-9-26(10-12-27)34-16-21(2)37-22(3)17-34)19-36-18-24-13-14-33-29(28(20)24)23-5-7-25(8-6-23)30(4,31)32;/h5-15,21-22H,16-19H2,1-4H3;1H/b20-15-;/t21-,22+;. The largest absolute Gasteiger partial charge is 0.372 e. The second-order valence-electron chi connectivity index (χ2n) is 10.1. The van der Waals surface area contributed by atoms with Crippen molar-refractivity contribution in [1.82, 2.24) is 4.98 Å². The molecule has 8 heteroatoms. The van der Waals surface area contributed by atoms with Crippen LogP contribution in [0.1, 0.15) is 44.4 Å². The van der Waals surface area contributed by atoms with Crippen LogP contribution in [0, 0.1) is 0 Å². The van der Waals surface area contributed by atoms with Crippen LogP contribution in [0.5, 0.6) is 0 Å². The molecule has 1 saturated heterocycles. The monoisotopic (exact) mass is 525 g/mol. The van der Waals surface area contributed by atoms with Crippen LogP contribution in [0.3, 0.4) is 0 Å². The summed E-state index contributed by atoms with van der Waals surface area (Å²) in [5.74, 6) is -2.88. The summed E-state index contributed by atoms with van der Waals surface area (Å²) < 4.78 is 39.4. The Bertz CT molecular complexity index is 1260. The van der Waals surface area contributed by atoms with E-state index in [0.29, 0.717) is 13.3 Å². The predicted octanol–water partition coefficient (Wildman–Crippen LogP) is 6.98. The molecule has 2 aliphatic heterocycles. The maximum absolute atomic E-state index is 13.7. The molecule has 3 heterocycles. The van der Waals surface area contributed by atoms with E-state index in [2.05, 4.69) is 66.0 Å². The molecule has 5 rings (SSSR count). The fourth-order valence-electron chi connectivity index (χ4n) is 5.18. The first-order valence-electron chi connectivity index (χ1n) is 12.7. The van der Waals surface area contributed by atoms with Crippen molar-refractivity contribution in [3.8, 4) is 11.3 Å². The molecule has 3 aromatic rings. The molecule has 2 aromatic carbocycles. The number of allylic oxidation sites excluding steroid dienone is 1. The third kappa shape index (κ3) is 5.87. The van der Waals surface area contributed by atoms with Crippen LogP contribution < -0.4 is 9.80 Å². The van der Waals surface area contributed by atoms with Crippen LogP contribution >= 0.6 is 0 Å². The minimum Gasteiger partial charge on any atom is -0.372 e. The van der Waals surface area contributed by atoms with E-state index in [1.165, 1.54) is 17.8 Å². The second-order valence-corrected chi connectivity index (χ2v) is 10.1. The van der Waals surface area contributed by atoms with E-state index in [1.54, 1.807) is 18.3 Å². The van der Waals surface area contributed by atoms with E-state index >= 15 is 0 Å². The van der Waals surface area contributed by atoms with Crippen molar-refractivity contribution >= 4 is 16.9 Å². The number of hydrogen-bond acceptors (Lipinski definition) is 5. The fourth-order valence-corrected chi connectivity index (χ4v) is 5.18. The molecular formula is C30H34F3N3O2. The number of nitrogens with zero attached hydrogens (tertiary/aromatic N) is 3. The Hall–Kier alpha value is -3.36. The van der Waals surface area contributed by atoms with Gasteiger partial charge in [0, 0.05) is 60.5 Å². The van der Waals surface area contributed by atoms with E-state index in [-0.39, 0.29) is 22.5 Å². The maximum atomic E-state index is 13.7. The van der Waals surface area contributed by atoms with Crippen molar-refractivity contribution in [1.29, 1.82) is 0 Å². The molecule has 5 nitrogen and oxygen atoms in total. The van der Waals surface area contributed by atoms with Gasteiger partial charge in [-0.15, -0.1) is 0 Å². The van der Waals surface area contributed by atoms with Crippen LogP contribution in [0.15, 0.2) is 67.0 Å². The van der Waals surface area contributed by atoms with Crippen LogP contribution in [0.25, 0.3) is 16.8 Å². The Morgan fingerprint density at radius 3 is 2.18 bits per heavy atom. The average Bonchev–Trinajstić information content (AvgIpc) is 2.86. The SMILES string of the molecule is C/C1=C/N(c2ccc(N3C[C@@H](C)O[C@@H](C)C3)cc2)COCc2ccnc(-c3ccc(C(C)(F)F)cc3)c21.F. The Labute approximate surface area is 222 Å². The lowest BCUT2D eigenvalue weighted by molar-refractivity contribution is -0.00522. The van der Waals surface area contributed by atoms with Gasteiger partial charge in [-0.1, -0.05) is 24.3 Å². The van der Waals surface area contributed by atoms with Crippen molar-refractivity contribution in [2.45, 2.75) is 52.4 Å². The van der Waals surface area contributed by atoms with E-state index in [9.17, 15) is 8.78 Å². The molecule has 0 bridgehead atoms. The molecule has 0 aliphatic carbocycles. The quantitative estimate of drug-likeness (QED) is 0.367. The highest BCUT2D eigenvalue weighted by Gasteiger charge is 2.25. The van der Waals surface area contributed by atoms with Gasteiger partial charge >= 0.3 is 0 Å². The summed E-state index contributed by atoms with van der Waals surface area (Å²) in [5.41, 5.74) is 6.77. The molecule has 0 saturated carbocycles. The molecule has 2 aliphatic rings. The summed E-state index contributed by atoms with van der Waals surface area (Å²) in [6.45, 7) is 9.78. The van der Waals surface area contributed by atoms with Gasteiger partial charge in [0.2, 0.25) is 0 Å². The lowest BCUT2D eigenvalue weighted by Gasteiger charge is -2.37. The molecule has 0 radical (unpaired) electrons. The number of benzene rings is 2. The minimum atomic E-state index is -2.88. The normalized spacial score (nSPS) is 21.5. The lowest BCUT2D eigenvalue weighted by atomic mass is 9.95. The van der Waals surface area contributed by atoms with Gasteiger partial charge in [0.25, 0.3) is 5.92 Å². The molecule has 1 fully saturated rings. The Morgan fingerprint density at radius 2 is 1.55 bits per heavy atom. The summed E-state index contributed by atoms with van der Waals surface area (Å²) in [6.07, 6.45) is 4.23. The van der Waals surface area contributed by atoms with E-state index in [0.717, 1.165) is 53.7 Å². The first-order valence-corrected chi connectivity index (χ1v) is 12.7. The van der Waals surface area contributed by atoms with Crippen molar-refractivity contribution in [2.24, 2.45) is 0 Å². The van der Waals surface area contributed by atoms with Crippen LogP contribution in [0.4, 0.5) is 24.9 Å². The van der Waals surface area contributed by atoms with Gasteiger partial charge in [0.1, 0.15) is 6.73 Å². The number of pyridine rings is 1. The third-order valence-corrected chi connectivity index (χ3v) is 6.90. The summed E-state index contributed by atoms with van der Waals surface area (Å²) >= 11 is 0. The summed E-state index contributed by atoms with van der Waals surface area (Å²) in [6, 6.07) is 16.9. The molecule has 1 aromatic heterocycles. The summed E-state index contributed by atoms with van der Waals surface area (Å²) in [7, 11) is 0. The van der Waals surface area contributed by atoms with Crippen molar-refractivity contribution in [2.75, 3.05) is 29.6 Å². The van der Waals surface area contributed by atoms with Crippen molar-refractivity contribution in [3.63, 3.8) is 0 Å². The minimum absolute atomic E-state index is 0. The average molecular weight is 526 g/mol. The number of anilines is 2. The Kier molecular flexibility index (Phi) is 8.13. The van der Waals surface area contributed by atoms with E-state index < -0.39 is 5.92 Å². The molecular weight excluding hydrogens is 491 g/mol.